The summed E-state index contributed by atoms with van der Waals surface area (Å²) in [6.45, 7) is 7.77. The lowest BCUT2D eigenvalue weighted by Crippen LogP contribution is -2.54. The van der Waals surface area contributed by atoms with Crippen LogP contribution in [0.5, 0.6) is 5.75 Å². The van der Waals surface area contributed by atoms with Crippen molar-refractivity contribution in [1.29, 1.82) is 0 Å². The fourth-order valence-corrected chi connectivity index (χ4v) is 6.28. The summed E-state index contributed by atoms with van der Waals surface area (Å²) in [4.78, 5) is 43.5. The number of halogens is 1. The Morgan fingerprint density at radius 2 is 1.79 bits per heavy atom. The number of carbonyl (C=O) groups excluding carboxylic acids is 2. The van der Waals surface area contributed by atoms with E-state index in [4.69, 9.17) is 21.3 Å². The van der Waals surface area contributed by atoms with Crippen LogP contribution in [0.15, 0.2) is 71.9 Å². The molecule has 0 spiro atoms. The van der Waals surface area contributed by atoms with Gasteiger partial charge in [0.1, 0.15) is 16.7 Å². The van der Waals surface area contributed by atoms with Gasteiger partial charge in [0, 0.05) is 70.0 Å². The van der Waals surface area contributed by atoms with Crippen molar-refractivity contribution in [3.05, 3.63) is 83.0 Å². The molecule has 2 amide bonds. The van der Waals surface area contributed by atoms with Crippen molar-refractivity contribution in [1.82, 2.24) is 24.7 Å². The Morgan fingerprint density at radius 3 is 2.53 bits per heavy atom. The predicted molar refractivity (Wildman–Crippen MR) is 172 cm³/mol. The molecule has 0 bridgehead atoms. The molecule has 2 saturated heterocycles. The van der Waals surface area contributed by atoms with Gasteiger partial charge in [0.15, 0.2) is 5.16 Å². The van der Waals surface area contributed by atoms with Gasteiger partial charge in [-0.3, -0.25) is 14.5 Å². The first-order valence-electron chi connectivity index (χ1n) is 14.5. The summed E-state index contributed by atoms with van der Waals surface area (Å²) in [5.41, 5.74) is 1.80. The molecule has 5 rings (SSSR count). The average Bonchev–Trinajstić information content (AvgIpc) is 3.04. The first kappa shape index (κ1) is 30.8. The Labute approximate surface area is 262 Å². The number of hydrogen-bond donors (Lipinski definition) is 0. The molecule has 1 aromatic heterocycles. The highest BCUT2D eigenvalue weighted by molar-refractivity contribution is 7.99. The summed E-state index contributed by atoms with van der Waals surface area (Å²) in [6, 6.07) is 19.2. The topological polar surface area (TPSA) is 82.1 Å². The number of piperazine rings is 2. The van der Waals surface area contributed by atoms with Gasteiger partial charge in [-0.05, 0) is 30.7 Å². The third kappa shape index (κ3) is 8.28. The van der Waals surface area contributed by atoms with Crippen LogP contribution in [-0.2, 0) is 4.79 Å². The second-order valence-electron chi connectivity index (χ2n) is 10.6. The molecule has 2 aliphatic heterocycles. The molecule has 1 unspecified atom stereocenters. The molecule has 0 radical (unpaired) electrons. The zero-order valence-corrected chi connectivity index (χ0v) is 26.1. The first-order chi connectivity index (χ1) is 20.9. The molecule has 3 aromatic rings. The summed E-state index contributed by atoms with van der Waals surface area (Å²) >= 11 is 7.69. The molecular weight excluding hydrogens is 584 g/mol. The van der Waals surface area contributed by atoms with Gasteiger partial charge >= 0.3 is 0 Å². The molecule has 226 valence electrons. The minimum Gasteiger partial charge on any atom is -0.497 e. The van der Waals surface area contributed by atoms with E-state index in [9.17, 15) is 9.59 Å². The van der Waals surface area contributed by atoms with Crippen LogP contribution in [0.2, 0.25) is 5.15 Å². The average molecular weight is 621 g/mol. The summed E-state index contributed by atoms with van der Waals surface area (Å²) in [6.07, 6.45) is 4.31. The SMILES string of the molecule is COc1cccc(C(=O)N2CCN(c3cc(Cl)nc(SCC(=O)N4CCN(CC=Cc5ccccc5)CC4)n3)CC2C)c1. The van der Waals surface area contributed by atoms with Crippen molar-refractivity contribution in [3.8, 4) is 5.75 Å². The first-order valence-corrected chi connectivity index (χ1v) is 15.8. The maximum Gasteiger partial charge on any atom is 0.254 e. The molecule has 2 aromatic carbocycles. The number of benzene rings is 2. The van der Waals surface area contributed by atoms with Crippen LogP contribution in [0, 0.1) is 0 Å². The molecule has 2 aliphatic rings. The number of aromatic nitrogens is 2. The highest BCUT2D eigenvalue weighted by atomic mass is 35.5. The number of rotatable bonds is 9. The van der Waals surface area contributed by atoms with Gasteiger partial charge in [-0.25, -0.2) is 9.97 Å². The number of anilines is 1. The van der Waals surface area contributed by atoms with Crippen molar-refractivity contribution in [2.45, 2.75) is 18.1 Å². The van der Waals surface area contributed by atoms with Gasteiger partial charge in [-0.1, -0.05) is 71.9 Å². The van der Waals surface area contributed by atoms with Crippen molar-refractivity contribution in [2.24, 2.45) is 0 Å². The molecule has 43 heavy (non-hydrogen) atoms. The number of hydrogen-bond acceptors (Lipinski definition) is 8. The molecule has 3 heterocycles. The van der Waals surface area contributed by atoms with Crippen molar-refractivity contribution in [2.75, 3.05) is 70.1 Å². The monoisotopic (exact) mass is 620 g/mol. The highest BCUT2D eigenvalue weighted by Crippen LogP contribution is 2.25. The minimum absolute atomic E-state index is 0.0222. The van der Waals surface area contributed by atoms with Crippen LogP contribution >= 0.6 is 23.4 Å². The number of methoxy groups -OCH3 is 1. The van der Waals surface area contributed by atoms with E-state index in [1.165, 1.54) is 17.3 Å². The largest absolute Gasteiger partial charge is 0.497 e. The maximum atomic E-state index is 13.2. The lowest BCUT2D eigenvalue weighted by atomic mass is 10.1. The van der Waals surface area contributed by atoms with Gasteiger partial charge in [0.25, 0.3) is 5.91 Å². The lowest BCUT2D eigenvalue weighted by Gasteiger charge is -2.40. The number of ether oxygens (including phenoxy) is 1. The molecule has 0 saturated carbocycles. The Balaban J connectivity index is 1.10. The number of amides is 2. The van der Waals surface area contributed by atoms with E-state index < -0.39 is 0 Å². The minimum atomic E-state index is -0.0358. The van der Waals surface area contributed by atoms with E-state index in [0.29, 0.717) is 60.2 Å². The van der Waals surface area contributed by atoms with Crippen LogP contribution in [0.4, 0.5) is 5.82 Å². The van der Waals surface area contributed by atoms with Gasteiger partial charge in [0.2, 0.25) is 5.91 Å². The molecule has 11 heteroatoms. The Kier molecular flexibility index (Phi) is 10.6. The molecule has 2 fully saturated rings. The van der Waals surface area contributed by atoms with Crippen molar-refractivity contribution in [3.63, 3.8) is 0 Å². The standard InChI is InChI=1S/C32H37ClN6O3S/c1-24-22-38(18-19-39(24)31(41)26-11-6-12-27(20-26)42-2)29-21-28(33)34-32(35-29)43-23-30(40)37-16-14-36(15-17-37)13-7-10-25-8-4-3-5-9-25/h3-12,20-21,24H,13-19,22-23H2,1-2H3. The van der Waals surface area contributed by atoms with E-state index >= 15 is 0 Å². The van der Waals surface area contributed by atoms with Crippen molar-refractivity contribution < 1.29 is 14.3 Å². The van der Waals surface area contributed by atoms with Crippen LogP contribution in [0.25, 0.3) is 6.08 Å². The molecular formula is C32H37ClN6O3S. The number of thioether (sulfide) groups is 1. The normalized spacial score (nSPS) is 17.8. The fraction of sp³-hybridized carbons (Fsp3) is 0.375. The van der Waals surface area contributed by atoms with E-state index in [-0.39, 0.29) is 23.6 Å². The predicted octanol–water partition coefficient (Wildman–Crippen LogP) is 4.44. The van der Waals surface area contributed by atoms with Crippen LogP contribution < -0.4 is 9.64 Å². The molecule has 0 N–H and O–H groups in total. The smallest absolute Gasteiger partial charge is 0.254 e. The summed E-state index contributed by atoms with van der Waals surface area (Å²) < 4.78 is 5.28. The maximum absolute atomic E-state index is 13.2. The van der Waals surface area contributed by atoms with E-state index in [0.717, 1.165) is 19.6 Å². The third-order valence-corrected chi connectivity index (χ3v) is 8.74. The summed E-state index contributed by atoms with van der Waals surface area (Å²) in [7, 11) is 1.59. The Hall–Kier alpha value is -3.60. The second kappa shape index (κ2) is 14.7. The van der Waals surface area contributed by atoms with Gasteiger partial charge < -0.3 is 19.4 Å². The Bertz CT molecular complexity index is 1430. The number of carbonyl (C=O) groups is 2. The fourth-order valence-electron chi connectivity index (χ4n) is 5.30. The highest BCUT2D eigenvalue weighted by Gasteiger charge is 2.29. The van der Waals surface area contributed by atoms with Crippen LogP contribution in [0.1, 0.15) is 22.8 Å². The summed E-state index contributed by atoms with van der Waals surface area (Å²) in [5.74, 6) is 1.67. The van der Waals surface area contributed by atoms with Crippen molar-refractivity contribution >= 4 is 47.1 Å². The van der Waals surface area contributed by atoms with E-state index in [1.54, 1.807) is 19.2 Å². The molecule has 0 aliphatic carbocycles. The van der Waals surface area contributed by atoms with E-state index in [1.807, 2.05) is 53.1 Å². The number of nitrogens with zero attached hydrogens (tertiary/aromatic N) is 6. The van der Waals surface area contributed by atoms with Gasteiger partial charge in [-0.15, -0.1) is 0 Å². The molecule has 9 nitrogen and oxygen atoms in total. The Morgan fingerprint density at radius 1 is 1.00 bits per heavy atom. The second-order valence-corrected chi connectivity index (χ2v) is 12.0. The van der Waals surface area contributed by atoms with Crippen LogP contribution in [-0.4, -0.2) is 108 Å². The molecule has 1 atom stereocenters. The zero-order chi connectivity index (χ0) is 30.2. The van der Waals surface area contributed by atoms with Gasteiger partial charge in [-0.2, -0.15) is 0 Å². The quantitative estimate of drug-likeness (QED) is 0.197. The van der Waals surface area contributed by atoms with E-state index in [2.05, 4.69) is 39.1 Å². The lowest BCUT2D eigenvalue weighted by molar-refractivity contribution is -0.130. The van der Waals surface area contributed by atoms with Crippen LogP contribution in [0.3, 0.4) is 0 Å². The third-order valence-electron chi connectivity index (χ3n) is 7.71. The summed E-state index contributed by atoms with van der Waals surface area (Å²) in [5, 5.41) is 0.808. The van der Waals surface area contributed by atoms with Gasteiger partial charge in [0.05, 0.1) is 12.9 Å². The zero-order valence-electron chi connectivity index (χ0n) is 24.6.